The van der Waals surface area contributed by atoms with Gasteiger partial charge in [0.2, 0.25) is 0 Å². The second-order valence-corrected chi connectivity index (χ2v) is 4.69. The molecular weight excluding hydrogens is 220 g/mol. The number of amides is 1. The largest absolute Gasteiger partial charge is 0.508 e. The van der Waals surface area contributed by atoms with E-state index in [0.29, 0.717) is 11.8 Å². The summed E-state index contributed by atoms with van der Waals surface area (Å²) in [5, 5.41) is 24.9. The molecule has 1 aromatic rings. The molecule has 2 fully saturated rings. The number of hydrogen-bond donors (Lipinski definition) is 4. The Morgan fingerprint density at radius 1 is 1.29 bits per heavy atom. The fraction of sp³-hybridized carbons (Fsp3) is 0.417. The Kier molecular flexibility index (Phi) is 2.22. The third kappa shape index (κ3) is 1.72. The van der Waals surface area contributed by atoms with Crippen molar-refractivity contribution in [3.8, 4) is 11.5 Å². The van der Waals surface area contributed by atoms with Crippen LogP contribution in [0, 0.1) is 11.8 Å². The Morgan fingerprint density at radius 3 is 2.65 bits per heavy atom. The average molecular weight is 234 g/mol. The van der Waals surface area contributed by atoms with Gasteiger partial charge in [-0.3, -0.25) is 4.79 Å². The first-order valence-corrected chi connectivity index (χ1v) is 5.70. The standard InChI is InChI=1S/C12H14N2O3/c15-6-1-2-7(10(16)3-6)12(17)14-11-8-4-13-5-9(8)11/h1-3,8-9,11,13,15-16H,4-5H2,(H,14,17). The van der Waals surface area contributed by atoms with Gasteiger partial charge in [-0.2, -0.15) is 0 Å². The van der Waals surface area contributed by atoms with Crippen molar-refractivity contribution < 1.29 is 15.0 Å². The minimum atomic E-state index is -0.276. The predicted molar refractivity (Wildman–Crippen MR) is 60.9 cm³/mol. The van der Waals surface area contributed by atoms with Crippen LogP contribution in [0.4, 0.5) is 0 Å². The van der Waals surface area contributed by atoms with Crippen LogP contribution < -0.4 is 10.6 Å². The minimum Gasteiger partial charge on any atom is -0.508 e. The van der Waals surface area contributed by atoms with Crippen molar-refractivity contribution in [2.45, 2.75) is 6.04 Å². The second-order valence-electron chi connectivity index (χ2n) is 4.69. The van der Waals surface area contributed by atoms with Crippen molar-refractivity contribution in [2.24, 2.45) is 11.8 Å². The first-order chi connectivity index (χ1) is 8.16. The van der Waals surface area contributed by atoms with Crippen molar-refractivity contribution in [1.82, 2.24) is 10.6 Å². The lowest BCUT2D eigenvalue weighted by atomic mass is 10.1. The number of phenolic OH excluding ortho intramolecular Hbond substituents is 2. The zero-order valence-corrected chi connectivity index (χ0v) is 9.18. The summed E-state index contributed by atoms with van der Waals surface area (Å²) < 4.78 is 0. The molecule has 1 amide bonds. The van der Waals surface area contributed by atoms with Crippen LogP contribution in [0.3, 0.4) is 0 Å². The molecule has 0 aromatic heterocycles. The van der Waals surface area contributed by atoms with Gasteiger partial charge in [0.1, 0.15) is 11.5 Å². The maximum Gasteiger partial charge on any atom is 0.255 e. The van der Waals surface area contributed by atoms with E-state index in [-0.39, 0.29) is 29.0 Å². The molecule has 0 radical (unpaired) electrons. The molecule has 3 rings (SSSR count). The lowest BCUT2D eigenvalue weighted by Gasteiger charge is -2.09. The van der Waals surface area contributed by atoms with Crippen molar-refractivity contribution in [3.05, 3.63) is 23.8 Å². The van der Waals surface area contributed by atoms with Gasteiger partial charge in [0.15, 0.2) is 0 Å². The molecule has 5 heteroatoms. The van der Waals surface area contributed by atoms with Crippen molar-refractivity contribution in [1.29, 1.82) is 0 Å². The summed E-state index contributed by atoms with van der Waals surface area (Å²) in [5.41, 5.74) is 0.209. The van der Waals surface area contributed by atoms with Crippen LogP contribution in [-0.2, 0) is 0 Å². The quantitative estimate of drug-likeness (QED) is 0.582. The van der Waals surface area contributed by atoms with E-state index in [1.54, 1.807) is 0 Å². The van der Waals surface area contributed by atoms with Crippen LogP contribution in [0.25, 0.3) is 0 Å². The summed E-state index contributed by atoms with van der Waals surface area (Å²) in [7, 11) is 0. The van der Waals surface area contributed by atoms with Gasteiger partial charge in [0.25, 0.3) is 5.91 Å². The van der Waals surface area contributed by atoms with E-state index in [9.17, 15) is 9.90 Å². The molecule has 1 aromatic carbocycles. The molecule has 2 atom stereocenters. The maximum absolute atomic E-state index is 11.9. The number of hydrogen-bond acceptors (Lipinski definition) is 4. The fourth-order valence-corrected chi connectivity index (χ4v) is 2.57. The van der Waals surface area contributed by atoms with Gasteiger partial charge in [-0.1, -0.05) is 0 Å². The number of carbonyl (C=O) groups is 1. The number of phenols is 2. The summed E-state index contributed by atoms with van der Waals surface area (Å²) in [5.74, 6) is 0.566. The summed E-state index contributed by atoms with van der Waals surface area (Å²) >= 11 is 0. The molecule has 0 bridgehead atoms. The van der Waals surface area contributed by atoms with Crippen LogP contribution in [0.2, 0.25) is 0 Å². The van der Waals surface area contributed by atoms with Gasteiger partial charge >= 0.3 is 0 Å². The first-order valence-electron chi connectivity index (χ1n) is 5.70. The molecule has 90 valence electrons. The number of carbonyl (C=O) groups excluding carboxylic acids is 1. The van der Waals surface area contributed by atoms with Crippen LogP contribution in [-0.4, -0.2) is 35.3 Å². The van der Waals surface area contributed by atoms with Gasteiger partial charge in [0, 0.05) is 25.2 Å². The SMILES string of the molecule is O=C(NC1C2CNCC21)c1ccc(O)cc1O. The fourth-order valence-electron chi connectivity index (χ4n) is 2.57. The number of benzene rings is 1. The highest BCUT2D eigenvalue weighted by molar-refractivity contribution is 5.97. The molecule has 1 saturated heterocycles. The molecule has 1 aliphatic heterocycles. The molecule has 1 saturated carbocycles. The summed E-state index contributed by atoms with van der Waals surface area (Å²) in [6.45, 7) is 1.91. The average Bonchev–Trinajstić information content (AvgIpc) is 2.74. The van der Waals surface area contributed by atoms with E-state index in [1.165, 1.54) is 18.2 Å². The van der Waals surface area contributed by atoms with Gasteiger partial charge in [-0.25, -0.2) is 0 Å². The zero-order chi connectivity index (χ0) is 12.0. The molecule has 2 aliphatic rings. The third-order valence-electron chi connectivity index (χ3n) is 3.62. The molecule has 17 heavy (non-hydrogen) atoms. The summed E-state index contributed by atoms with van der Waals surface area (Å²) in [4.78, 5) is 11.9. The first kappa shape index (κ1) is 10.4. The summed E-state index contributed by atoms with van der Waals surface area (Å²) in [6, 6.07) is 4.22. The molecule has 1 heterocycles. The van der Waals surface area contributed by atoms with Crippen LogP contribution in [0.1, 0.15) is 10.4 Å². The molecule has 2 unspecified atom stereocenters. The van der Waals surface area contributed by atoms with Gasteiger partial charge in [0.05, 0.1) is 5.56 Å². The number of nitrogens with one attached hydrogen (secondary N) is 2. The molecule has 1 aliphatic carbocycles. The van der Waals surface area contributed by atoms with E-state index in [2.05, 4.69) is 10.6 Å². The second kappa shape index (κ2) is 3.63. The molecule has 5 nitrogen and oxygen atoms in total. The smallest absolute Gasteiger partial charge is 0.255 e. The Morgan fingerprint density at radius 2 is 2.00 bits per heavy atom. The van der Waals surface area contributed by atoms with E-state index in [4.69, 9.17) is 5.11 Å². The number of piperidine rings is 1. The molecule has 4 N–H and O–H groups in total. The van der Waals surface area contributed by atoms with Crippen molar-refractivity contribution in [3.63, 3.8) is 0 Å². The predicted octanol–water partition coefficient (Wildman–Crippen LogP) is 0.0454. The lowest BCUT2D eigenvalue weighted by Crippen LogP contribution is -2.32. The Balaban J connectivity index is 1.70. The topological polar surface area (TPSA) is 81.6 Å². The summed E-state index contributed by atoms with van der Waals surface area (Å²) in [6.07, 6.45) is 0. The van der Waals surface area contributed by atoms with Crippen molar-refractivity contribution in [2.75, 3.05) is 13.1 Å². The Labute approximate surface area is 98.5 Å². The highest BCUT2D eigenvalue weighted by Crippen LogP contribution is 2.41. The van der Waals surface area contributed by atoms with Gasteiger partial charge < -0.3 is 20.8 Å². The Hall–Kier alpha value is -1.75. The number of aromatic hydroxyl groups is 2. The van der Waals surface area contributed by atoms with Crippen LogP contribution >= 0.6 is 0 Å². The van der Waals surface area contributed by atoms with E-state index in [0.717, 1.165) is 13.1 Å². The normalized spacial score (nSPS) is 29.8. The maximum atomic E-state index is 11.9. The van der Waals surface area contributed by atoms with E-state index >= 15 is 0 Å². The van der Waals surface area contributed by atoms with Crippen LogP contribution in [0.5, 0.6) is 11.5 Å². The highest BCUT2D eigenvalue weighted by Gasteiger charge is 2.53. The van der Waals surface area contributed by atoms with Crippen molar-refractivity contribution >= 4 is 5.91 Å². The third-order valence-corrected chi connectivity index (χ3v) is 3.62. The van der Waals surface area contributed by atoms with E-state index < -0.39 is 0 Å². The lowest BCUT2D eigenvalue weighted by molar-refractivity contribution is 0.0944. The number of rotatable bonds is 2. The molecule has 0 spiro atoms. The highest BCUT2D eigenvalue weighted by atomic mass is 16.3. The van der Waals surface area contributed by atoms with Crippen LogP contribution in [0.15, 0.2) is 18.2 Å². The number of fused-ring (bicyclic) bond motifs is 1. The molecular formula is C12H14N2O3. The minimum absolute atomic E-state index is 0.0495. The van der Waals surface area contributed by atoms with Gasteiger partial charge in [-0.05, 0) is 24.0 Å². The monoisotopic (exact) mass is 234 g/mol. The van der Waals surface area contributed by atoms with Gasteiger partial charge in [-0.15, -0.1) is 0 Å². The van der Waals surface area contributed by atoms with E-state index in [1.807, 2.05) is 0 Å². The zero-order valence-electron chi connectivity index (χ0n) is 9.18. The Bertz CT molecular complexity index is 465.